The molecule has 0 spiro atoms. The van der Waals surface area contributed by atoms with Crippen LogP contribution < -0.4 is 14.2 Å². The standard InChI is InChI=1S/C34H37ClF3N3O6/c1-4-46-30(42)18-23-7-10-28(29(17-23)45-3)47-25-12-15-40(16-13-25)21-33(43,34(36,37)38)26-20-41(32-27(35)11-14-39-31(26)32)19-22-5-8-24(44-2)9-6-22/h5-11,14,17,20,25,43H,4,12-13,15-16,18-19,21H2,1-3H3. The number of alkyl halides is 3. The molecule has 0 amide bonds. The zero-order chi connectivity index (χ0) is 33.8. The molecule has 0 bridgehead atoms. The summed E-state index contributed by atoms with van der Waals surface area (Å²) in [6, 6.07) is 13.8. The van der Waals surface area contributed by atoms with Crippen LogP contribution in [-0.2, 0) is 28.1 Å². The number of hydrogen-bond acceptors (Lipinski definition) is 8. The number of methoxy groups -OCH3 is 2. The van der Waals surface area contributed by atoms with E-state index >= 15 is 0 Å². The molecule has 1 aliphatic heterocycles. The first-order chi connectivity index (χ1) is 22.4. The summed E-state index contributed by atoms with van der Waals surface area (Å²) in [4.78, 5) is 17.7. The predicted octanol–water partition coefficient (Wildman–Crippen LogP) is 6.15. The molecule has 1 N–H and O–H groups in total. The third-order valence-corrected chi connectivity index (χ3v) is 8.60. The Morgan fingerprint density at radius 3 is 2.36 bits per heavy atom. The number of ether oxygens (including phenoxy) is 4. The lowest BCUT2D eigenvalue weighted by molar-refractivity contribution is -0.272. The van der Waals surface area contributed by atoms with E-state index in [1.54, 1.807) is 53.8 Å². The number of carbonyl (C=O) groups excluding carboxylic acids is 1. The van der Waals surface area contributed by atoms with E-state index < -0.39 is 18.3 Å². The Bertz CT molecular complexity index is 1690. The van der Waals surface area contributed by atoms with Gasteiger partial charge in [-0.05, 0) is 61.2 Å². The van der Waals surface area contributed by atoms with Crippen LogP contribution in [-0.4, -0.2) is 78.3 Å². The first kappa shape index (κ1) is 34.3. The van der Waals surface area contributed by atoms with Crippen molar-refractivity contribution in [3.05, 3.63) is 82.6 Å². The van der Waals surface area contributed by atoms with Crippen molar-refractivity contribution in [3.63, 3.8) is 0 Å². The Balaban J connectivity index is 1.33. The fourth-order valence-corrected chi connectivity index (χ4v) is 6.11. The largest absolute Gasteiger partial charge is 0.497 e. The summed E-state index contributed by atoms with van der Waals surface area (Å²) in [5.74, 6) is 1.21. The van der Waals surface area contributed by atoms with Gasteiger partial charge in [-0.15, -0.1) is 0 Å². The second-order valence-corrected chi connectivity index (χ2v) is 11.8. The number of hydrogen-bond donors (Lipinski definition) is 1. The van der Waals surface area contributed by atoms with Crippen molar-refractivity contribution in [2.75, 3.05) is 40.5 Å². The van der Waals surface area contributed by atoms with Crippen LogP contribution in [0.15, 0.2) is 60.9 Å². The SMILES string of the molecule is CCOC(=O)Cc1ccc(OC2CCN(CC(O)(c3cn(Cc4ccc(OC)cc4)c4c(Cl)ccnc34)C(F)(F)F)CC2)c(OC)c1. The Morgan fingerprint density at radius 2 is 1.72 bits per heavy atom. The fraction of sp³-hybridized carbons (Fsp3) is 0.412. The molecule has 2 aromatic heterocycles. The second-order valence-electron chi connectivity index (χ2n) is 11.4. The summed E-state index contributed by atoms with van der Waals surface area (Å²) >= 11 is 6.50. The lowest BCUT2D eigenvalue weighted by Crippen LogP contribution is -2.53. The first-order valence-corrected chi connectivity index (χ1v) is 15.6. The van der Waals surface area contributed by atoms with E-state index in [1.807, 2.05) is 12.1 Å². The van der Waals surface area contributed by atoms with Gasteiger partial charge in [-0.1, -0.05) is 29.8 Å². The Kier molecular flexibility index (Phi) is 10.5. The van der Waals surface area contributed by atoms with Crippen molar-refractivity contribution >= 4 is 28.6 Å². The van der Waals surface area contributed by atoms with Crippen molar-refractivity contribution in [1.29, 1.82) is 0 Å². The number of benzene rings is 2. The van der Waals surface area contributed by atoms with Crippen molar-refractivity contribution < 1.29 is 42.0 Å². The zero-order valence-electron chi connectivity index (χ0n) is 26.3. The smallest absolute Gasteiger partial charge is 0.422 e. The van der Waals surface area contributed by atoms with E-state index in [4.69, 9.17) is 30.5 Å². The van der Waals surface area contributed by atoms with Gasteiger partial charge in [0.15, 0.2) is 11.5 Å². The molecule has 0 aliphatic carbocycles. The monoisotopic (exact) mass is 675 g/mol. The number of β-amino-alcohol motifs (C(OH)–C–C–N with tert-alkyl or cyclic N) is 1. The molecule has 0 radical (unpaired) electrons. The first-order valence-electron chi connectivity index (χ1n) is 15.2. The van der Waals surface area contributed by atoms with Gasteiger partial charge in [0.2, 0.25) is 5.60 Å². The van der Waals surface area contributed by atoms with Gasteiger partial charge in [-0.2, -0.15) is 13.2 Å². The average molecular weight is 676 g/mol. The fourth-order valence-electron chi connectivity index (χ4n) is 5.85. The molecule has 252 valence electrons. The van der Waals surface area contributed by atoms with Crippen LogP contribution in [0.3, 0.4) is 0 Å². The topological polar surface area (TPSA) is 95.3 Å². The van der Waals surface area contributed by atoms with Crippen molar-refractivity contribution in [2.24, 2.45) is 0 Å². The third kappa shape index (κ3) is 7.61. The number of pyridine rings is 1. The van der Waals surface area contributed by atoms with Crippen LogP contribution in [0.1, 0.15) is 36.5 Å². The van der Waals surface area contributed by atoms with Crippen LogP contribution in [0, 0.1) is 0 Å². The highest BCUT2D eigenvalue weighted by Gasteiger charge is 2.57. The highest BCUT2D eigenvalue weighted by molar-refractivity contribution is 6.35. The van der Waals surface area contributed by atoms with Crippen LogP contribution in [0.5, 0.6) is 17.2 Å². The van der Waals surface area contributed by atoms with Gasteiger partial charge in [0.25, 0.3) is 0 Å². The Labute approximate surface area is 275 Å². The summed E-state index contributed by atoms with van der Waals surface area (Å²) in [7, 11) is 3.04. The number of nitrogens with zero attached hydrogens (tertiary/aromatic N) is 3. The lowest BCUT2D eigenvalue weighted by Gasteiger charge is -2.38. The van der Waals surface area contributed by atoms with Crippen molar-refractivity contribution in [3.8, 4) is 17.2 Å². The van der Waals surface area contributed by atoms with Crippen molar-refractivity contribution in [2.45, 2.75) is 50.6 Å². The number of esters is 1. The van der Waals surface area contributed by atoms with Gasteiger partial charge in [-0.25, -0.2) is 0 Å². The minimum absolute atomic E-state index is 0.0115. The van der Waals surface area contributed by atoms with Crippen LogP contribution in [0.2, 0.25) is 5.02 Å². The van der Waals surface area contributed by atoms with E-state index in [2.05, 4.69) is 4.98 Å². The molecule has 4 aromatic rings. The number of halogens is 4. The average Bonchev–Trinajstić information content (AvgIpc) is 3.42. The quantitative estimate of drug-likeness (QED) is 0.179. The van der Waals surface area contributed by atoms with E-state index in [9.17, 15) is 23.1 Å². The molecule has 3 heterocycles. The molecular formula is C34H37ClF3N3O6. The molecule has 1 atom stereocenters. The van der Waals surface area contributed by atoms with Crippen LogP contribution >= 0.6 is 11.6 Å². The number of fused-ring (bicyclic) bond motifs is 1. The maximum absolute atomic E-state index is 14.9. The van der Waals surface area contributed by atoms with Gasteiger partial charge < -0.3 is 28.6 Å². The number of carbonyl (C=O) groups is 1. The zero-order valence-corrected chi connectivity index (χ0v) is 27.1. The maximum atomic E-state index is 14.9. The molecule has 1 fully saturated rings. The molecular weight excluding hydrogens is 639 g/mol. The molecule has 0 saturated carbocycles. The maximum Gasteiger partial charge on any atom is 0.422 e. The van der Waals surface area contributed by atoms with Crippen molar-refractivity contribution in [1.82, 2.24) is 14.5 Å². The minimum atomic E-state index is -5.01. The second kappa shape index (κ2) is 14.4. The summed E-state index contributed by atoms with van der Waals surface area (Å²) in [5, 5.41) is 11.8. The highest BCUT2D eigenvalue weighted by Crippen LogP contribution is 2.44. The Morgan fingerprint density at radius 1 is 1.02 bits per heavy atom. The summed E-state index contributed by atoms with van der Waals surface area (Å²) in [6.45, 7) is 2.05. The molecule has 1 unspecified atom stereocenters. The molecule has 13 heteroatoms. The Hall–Kier alpha value is -4.00. The highest BCUT2D eigenvalue weighted by atomic mass is 35.5. The summed E-state index contributed by atoms with van der Waals surface area (Å²) < 4.78 is 68.0. The number of aliphatic hydroxyl groups is 1. The van der Waals surface area contributed by atoms with Crippen LogP contribution in [0.4, 0.5) is 13.2 Å². The van der Waals surface area contributed by atoms with E-state index in [0.717, 1.165) is 5.56 Å². The summed E-state index contributed by atoms with van der Waals surface area (Å²) in [5.41, 5.74) is -1.78. The van der Waals surface area contributed by atoms with Gasteiger partial charge in [0, 0.05) is 44.1 Å². The lowest BCUT2D eigenvalue weighted by atomic mass is 9.92. The van der Waals surface area contributed by atoms with E-state index in [-0.39, 0.29) is 60.8 Å². The number of piperidine rings is 1. The van der Waals surface area contributed by atoms with E-state index in [1.165, 1.54) is 25.6 Å². The minimum Gasteiger partial charge on any atom is -0.497 e. The van der Waals surface area contributed by atoms with Gasteiger partial charge in [-0.3, -0.25) is 14.7 Å². The normalized spacial score (nSPS) is 15.7. The van der Waals surface area contributed by atoms with Crippen LogP contribution in [0.25, 0.3) is 11.0 Å². The van der Waals surface area contributed by atoms with E-state index in [0.29, 0.717) is 41.2 Å². The molecule has 5 rings (SSSR count). The predicted molar refractivity (Wildman–Crippen MR) is 170 cm³/mol. The third-order valence-electron chi connectivity index (χ3n) is 8.29. The molecule has 1 saturated heterocycles. The number of likely N-dealkylation sites (tertiary alicyclic amines) is 1. The molecule has 1 aliphatic rings. The molecule has 9 nitrogen and oxygen atoms in total. The molecule has 2 aromatic carbocycles. The number of rotatable bonds is 12. The van der Waals surface area contributed by atoms with Gasteiger partial charge >= 0.3 is 12.1 Å². The van der Waals surface area contributed by atoms with Gasteiger partial charge in [0.05, 0.1) is 43.3 Å². The number of aromatic nitrogens is 2. The van der Waals surface area contributed by atoms with Gasteiger partial charge in [0.1, 0.15) is 11.9 Å². The summed E-state index contributed by atoms with van der Waals surface area (Å²) in [6.07, 6.45) is -1.73. The molecule has 47 heavy (non-hydrogen) atoms.